The largest absolute Gasteiger partial charge is 0.374 e. The lowest BCUT2D eigenvalue weighted by molar-refractivity contribution is -0.170. The molecule has 5 heteroatoms. The maximum absolute atomic E-state index is 6.33. The SMILES string of the molecule is CO[C@@H]1O[C@H](COCc2ccccc2)[C@@H](OCc2ccccc2)[C@H]1OCc1ccccc1. The van der Waals surface area contributed by atoms with Crippen LogP contribution in [-0.4, -0.2) is 38.3 Å². The Kier molecular flexibility index (Phi) is 8.42. The zero-order chi connectivity index (χ0) is 22.0. The van der Waals surface area contributed by atoms with E-state index in [4.69, 9.17) is 23.7 Å². The van der Waals surface area contributed by atoms with Gasteiger partial charge in [-0.1, -0.05) is 91.0 Å². The van der Waals surface area contributed by atoms with Crippen LogP contribution in [-0.2, 0) is 43.5 Å². The van der Waals surface area contributed by atoms with Crippen molar-refractivity contribution in [1.82, 2.24) is 0 Å². The van der Waals surface area contributed by atoms with Crippen LogP contribution in [0.1, 0.15) is 16.7 Å². The summed E-state index contributed by atoms with van der Waals surface area (Å²) in [6.45, 7) is 1.82. The number of benzene rings is 3. The lowest BCUT2D eigenvalue weighted by Crippen LogP contribution is -2.39. The lowest BCUT2D eigenvalue weighted by Gasteiger charge is -2.24. The highest BCUT2D eigenvalue weighted by Crippen LogP contribution is 2.29. The van der Waals surface area contributed by atoms with E-state index in [9.17, 15) is 0 Å². The maximum Gasteiger partial charge on any atom is 0.186 e. The molecule has 0 saturated carbocycles. The van der Waals surface area contributed by atoms with Crippen molar-refractivity contribution >= 4 is 0 Å². The van der Waals surface area contributed by atoms with E-state index in [1.165, 1.54) is 0 Å². The van der Waals surface area contributed by atoms with Crippen molar-refractivity contribution in [1.29, 1.82) is 0 Å². The molecule has 0 N–H and O–H groups in total. The second-order valence-electron chi connectivity index (χ2n) is 7.80. The molecule has 1 fully saturated rings. The van der Waals surface area contributed by atoms with Crippen LogP contribution in [0, 0.1) is 0 Å². The number of hydrogen-bond donors (Lipinski definition) is 0. The predicted molar refractivity (Wildman–Crippen MR) is 122 cm³/mol. The molecule has 0 aromatic heterocycles. The summed E-state index contributed by atoms with van der Waals surface area (Å²) in [5.74, 6) is 0. The summed E-state index contributed by atoms with van der Waals surface area (Å²) in [6, 6.07) is 30.3. The highest BCUT2D eigenvalue weighted by molar-refractivity contribution is 5.15. The first-order valence-corrected chi connectivity index (χ1v) is 10.9. The zero-order valence-electron chi connectivity index (χ0n) is 18.3. The molecule has 1 aliphatic rings. The lowest BCUT2D eigenvalue weighted by atomic mass is 10.1. The fraction of sp³-hybridized carbons (Fsp3) is 0.333. The van der Waals surface area contributed by atoms with Gasteiger partial charge in [-0.05, 0) is 16.7 Å². The van der Waals surface area contributed by atoms with E-state index in [-0.39, 0.29) is 18.3 Å². The Morgan fingerprint density at radius 3 is 1.59 bits per heavy atom. The number of ether oxygens (including phenoxy) is 5. The third-order valence-corrected chi connectivity index (χ3v) is 5.46. The normalized spacial score (nSPS) is 22.8. The molecule has 3 aromatic carbocycles. The van der Waals surface area contributed by atoms with E-state index in [1.807, 2.05) is 91.0 Å². The van der Waals surface area contributed by atoms with Crippen LogP contribution < -0.4 is 0 Å². The Bertz CT molecular complexity index is 903. The van der Waals surface area contributed by atoms with Gasteiger partial charge < -0.3 is 23.7 Å². The van der Waals surface area contributed by atoms with E-state index in [0.29, 0.717) is 26.4 Å². The Labute approximate surface area is 189 Å². The Balaban J connectivity index is 1.42. The van der Waals surface area contributed by atoms with Crippen molar-refractivity contribution in [2.24, 2.45) is 0 Å². The molecule has 0 aliphatic carbocycles. The van der Waals surface area contributed by atoms with Crippen LogP contribution in [0.25, 0.3) is 0 Å². The van der Waals surface area contributed by atoms with Gasteiger partial charge in [-0.15, -0.1) is 0 Å². The van der Waals surface area contributed by atoms with Gasteiger partial charge in [0, 0.05) is 7.11 Å². The second-order valence-corrected chi connectivity index (χ2v) is 7.80. The van der Waals surface area contributed by atoms with Crippen molar-refractivity contribution in [3.05, 3.63) is 108 Å². The molecule has 0 radical (unpaired) electrons. The molecule has 1 saturated heterocycles. The molecule has 32 heavy (non-hydrogen) atoms. The first-order valence-electron chi connectivity index (χ1n) is 10.9. The van der Waals surface area contributed by atoms with Crippen molar-refractivity contribution in [3.63, 3.8) is 0 Å². The van der Waals surface area contributed by atoms with Crippen molar-refractivity contribution < 1.29 is 23.7 Å². The minimum Gasteiger partial charge on any atom is -0.374 e. The van der Waals surface area contributed by atoms with Crippen molar-refractivity contribution in [2.75, 3.05) is 13.7 Å². The Morgan fingerprint density at radius 2 is 1.09 bits per heavy atom. The zero-order valence-corrected chi connectivity index (χ0v) is 18.3. The standard InChI is InChI=1S/C27H30O5/c1-28-27-26(31-19-23-15-9-4-10-16-23)25(30-18-22-13-7-3-8-14-22)24(32-27)20-29-17-21-11-5-2-6-12-21/h2-16,24-27H,17-20H2,1H3/t24-,25-,26-,27-/m1/s1. The highest BCUT2D eigenvalue weighted by atomic mass is 16.7. The van der Waals surface area contributed by atoms with Gasteiger partial charge in [-0.2, -0.15) is 0 Å². The van der Waals surface area contributed by atoms with Gasteiger partial charge in [0.25, 0.3) is 0 Å². The van der Waals surface area contributed by atoms with E-state index < -0.39 is 6.29 Å². The van der Waals surface area contributed by atoms with E-state index in [2.05, 4.69) is 0 Å². The summed E-state index contributed by atoms with van der Waals surface area (Å²) in [7, 11) is 1.63. The monoisotopic (exact) mass is 434 g/mol. The summed E-state index contributed by atoms with van der Waals surface area (Å²) in [6.07, 6.45) is -1.51. The minimum atomic E-state index is -0.523. The molecule has 0 bridgehead atoms. The molecule has 1 aliphatic heterocycles. The average molecular weight is 435 g/mol. The molecular weight excluding hydrogens is 404 g/mol. The Hall–Kier alpha value is -2.54. The third-order valence-electron chi connectivity index (χ3n) is 5.46. The van der Waals surface area contributed by atoms with E-state index >= 15 is 0 Å². The van der Waals surface area contributed by atoms with E-state index in [1.54, 1.807) is 7.11 Å². The molecule has 0 amide bonds. The number of methoxy groups -OCH3 is 1. The minimum absolute atomic E-state index is 0.298. The van der Waals surface area contributed by atoms with Gasteiger partial charge in [-0.3, -0.25) is 0 Å². The summed E-state index contributed by atoms with van der Waals surface area (Å²) < 4.78 is 30.3. The number of rotatable bonds is 11. The van der Waals surface area contributed by atoms with E-state index in [0.717, 1.165) is 16.7 Å². The van der Waals surface area contributed by atoms with Crippen LogP contribution >= 0.6 is 0 Å². The van der Waals surface area contributed by atoms with Gasteiger partial charge in [0.2, 0.25) is 0 Å². The Morgan fingerprint density at radius 1 is 0.625 bits per heavy atom. The summed E-state index contributed by atoms with van der Waals surface area (Å²) in [4.78, 5) is 0. The van der Waals surface area contributed by atoms with Crippen LogP contribution in [0.5, 0.6) is 0 Å². The van der Waals surface area contributed by atoms with Gasteiger partial charge in [-0.25, -0.2) is 0 Å². The van der Waals surface area contributed by atoms with Crippen LogP contribution in [0.4, 0.5) is 0 Å². The fourth-order valence-corrected chi connectivity index (χ4v) is 3.79. The van der Waals surface area contributed by atoms with Gasteiger partial charge in [0.1, 0.15) is 18.3 Å². The molecule has 3 aromatic rings. The van der Waals surface area contributed by atoms with Crippen LogP contribution in [0.2, 0.25) is 0 Å². The fourth-order valence-electron chi connectivity index (χ4n) is 3.79. The topological polar surface area (TPSA) is 46.2 Å². The van der Waals surface area contributed by atoms with Crippen LogP contribution in [0.15, 0.2) is 91.0 Å². The average Bonchev–Trinajstić information content (AvgIpc) is 3.19. The summed E-state index contributed by atoms with van der Waals surface area (Å²) in [5, 5.41) is 0. The van der Waals surface area contributed by atoms with Crippen molar-refractivity contribution in [2.45, 2.75) is 44.4 Å². The van der Waals surface area contributed by atoms with Gasteiger partial charge in [0.15, 0.2) is 6.29 Å². The molecular formula is C27H30O5. The molecule has 1 heterocycles. The predicted octanol–water partition coefficient (Wildman–Crippen LogP) is 4.75. The van der Waals surface area contributed by atoms with Gasteiger partial charge >= 0.3 is 0 Å². The molecule has 0 unspecified atom stereocenters. The first-order chi connectivity index (χ1) is 15.8. The highest BCUT2D eigenvalue weighted by Gasteiger charge is 2.46. The molecule has 0 spiro atoms. The maximum atomic E-state index is 6.33. The summed E-state index contributed by atoms with van der Waals surface area (Å²) in [5.41, 5.74) is 3.31. The van der Waals surface area contributed by atoms with Crippen molar-refractivity contribution in [3.8, 4) is 0 Å². The van der Waals surface area contributed by atoms with Gasteiger partial charge in [0.05, 0.1) is 26.4 Å². The first kappa shape index (κ1) is 22.6. The number of hydrogen-bond acceptors (Lipinski definition) is 5. The molecule has 5 nitrogen and oxygen atoms in total. The summed E-state index contributed by atoms with van der Waals surface area (Å²) >= 11 is 0. The third kappa shape index (κ3) is 6.25. The quantitative estimate of drug-likeness (QED) is 0.436. The van der Waals surface area contributed by atoms with Crippen LogP contribution in [0.3, 0.4) is 0 Å². The molecule has 4 rings (SSSR count). The second kappa shape index (κ2) is 11.9. The molecule has 4 atom stereocenters. The smallest absolute Gasteiger partial charge is 0.186 e. The molecule has 168 valence electrons.